The molecule has 106 valence electrons. The van der Waals surface area contributed by atoms with Crippen LogP contribution in [0.15, 0.2) is 59.4 Å². The standard InChI is InChI=1S/C17H16N2OS/c1-19(10-12-8-9-20-11-12)16-7-6-15(17(18)21)13-4-2-3-5-14(13)16/h2-9,11H,10H2,1H3,(H2,18,21). The lowest BCUT2D eigenvalue weighted by Gasteiger charge is -2.21. The molecule has 3 nitrogen and oxygen atoms in total. The van der Waals surface area contributed by atoms with E-state index in [1.807, 2.05) is 24.3 Å². The normalized spacial score (nSPS) is 10.7. The number of hydrogen-bond donors (Lipinski definition) is 1. The lowest BCUT2D eigenvalue weighted by atomic mass is 10.0. The van der Waals surface area contributed by atoms with Crippen LogP contribution in [0, 0.1) is 0 Å². The van der Waals surface area contributed by atoms with Gasteiger partial charge in [0.05, 0.1) is 12.5 Å². The summed E-state index contributed by atoms with van der Waals surface area (Å²) in [4.78, 5) is 2.62. The van der Waals surface area contributed by atoms with Gasteiger partial charge in [-0.3, -0.25) is 0 Å². The fraction of sp³-hybridized carbons (Fsp3) is 0.118. The third-order valence-corrected chi connectivity index (χ3v) is 3.80. The van der Waals surface area contributed by atoms with Crippen LogP contribution in [0.4, 0.5) is 5.69 Å². The molecule has 2 N–H and O–H groups in total. The molecule has 0 radical (unpaired) electrons. The van der Waals surface area contributed by atoms with Gasteiger partial charge >= 0.3 is 0 Å². The molecule has 4 heteroatoms. The van der Waals surface area contributed by atoms with Crippen LogP contribution in [0.1, 0.15) is 11.1 Å². The van der Waals surface area contributed by atoms with E-state index in [4.69, 9.17) is 22.4 Å². The van der Waals surface area contributed by atoms with E-state index in [9.17, 15) is 0 Å². The van der Waals surface area contributed by atoms with E-state index in [1.54, 1.807) is 12.5 Å². The predicted molar refractivity (Wildman–Crippen MR) is 90.7 cm³/mol. The zero-order valence-electron chi connectivity index (χ0n) is 11.7. The Labute approximate surface area is 129 Å². The molecule has 0 bridgehead atoms. The number of anilines is 1. The molecule has 1 aromatic heterocycles. The summed E-state index contributed by atoms with van der Waals surface area (Å²) in [6, 6.07) is 14.2. The zero-order valence-corrected chi connectivity index (χ0v) is 12.6. The fourth-order valence-corrected chi connectivity index (χ4v) is 2.75. The van der Waals surface area contributed by atoms with Gasteiger partial charge in [0.25, 0.3) is 0 Å². The Balaban J connectivity index is 2.07. The Kier molecular flexibility index (Phi) is 3.62. The lowest BCUT2D eigenvalue weighted by molar-refractivity contribution is 0.563. The molecule has 3 rings (SSSR count). The van der Waals surface area contributed by atoms with Crippen molar-refractivity contribution in [3.8, 4) is 0 Å². The van der Waals surface area contributed by atoms with E-state index >= 15 is 0 Å². The van der Waals surface area contributed by atoms with Crippen LogP contribution in [-0.2, 0) is 6.54 Å². The van der Waals surface area contributed by atoms with Gasteiger partial charge in [-0.05, 0) is 23.6 Å². The first-order valence-corrected chi connectivity index (χ1v) is 7.11. The Morgan fingerprint density at radius 2 is 1.90 bits per heavy atom. The summed E-state index contributed by atoms with van der Waals surface area (Å²) in [6.45, 7) is 0.785. The van der Waals surface area contributed by atoms with Gasteiger partial charge in [0.2, 0.25) is 0 Å². The summed E-state index contributed by atoms with van der Waals surface area (Å²) in [5, 5.41) is 2.23. The summed E-state index contributed by atoms with van der Waals surface area (Å²) in [5.74, 6) is 0. The maximum Gasteiger partial charge on any atom is 0.104 e. The van der Waals surface area contributed by atoms with Gasteiger partial charge in [0, 0.05) is 35.8 Å². The first kappa shape index (κ1) is 13.6. The van der Waals surface area contributed by atoms with Gasteiger partial charge < -0.3 is 15.1 Å². The molecule has 0 saturated carbocycles. The van der Waals surface area contributed by atoms with Gasteiger partial charge in [-0.25, -0.2) is 0 Å². The van der Waals surface area contributed by atoms with E-state index in [0.29, 0.717) is 4.99 Å². The largest absolute Gasteiger partial charge is 0.472 e. The monoisotopic (exact) mass is 296 g/mol. The van der Waals surface area contributed by atoms with Crippen molar-refractivity contribution >= 4 is 33.7 Å². The maximum absolute atomic E-state index is 5.82. The highest BCUT2D eigenvalue weighted by molar-refractivity contribution is 7.80. The number of furan rings is 1. The van der Waals surface area contributed by atoms with Crippen LogP contribution in [0.25, 0.3) is 10.8 Å². The van der Waals surface area contributed by atoms with Crippen molar-refractivity contribution in [2.45, 2.75) is 6.54 Å². The highest BCUT2D eigenvalue weighted by Crippen LogP contribution is 2.29. The molecule has 3 aromatic rings. The molecule has 0 fully saturated rings. The summed E-state index contributed by atoms with van der Waals surface area (Å²) >= 11 is 5.14. The predicted octanol–water partition coefficient (Wildman–Crippen LogP) is 3.70. The first-order chi connectivity index (χ1) is 10.2. The fourth-order valence-electron chi connectivity index (χ4n) is 2.57. The minimum Gasteiger partial charge on any atom is -0.472 e. The van der Waals surface area contributed by atoms with Crippen molar-refractivity contribution in [3.05, 3.63) is 66.1 Å². The average molecular weight is 296 g/mol. The summed E-state index contributed by atoms with van der Waals surface area (Å²) in [6.07, 6.45) is 3.46. The van der Waals surface area contributed by atoms with E-state index in [-0.39, 0.29) is 0 Å². The Morgan fingerprint density at radius 3 is 2.57 bits per heavy atom. The minimum atomic E-state index is 0.426. The molecular weight excluding hydrogens is 280 g/mol. The van der Waals surface area contributed by atoms with Crippen LogP contribution < -0.4 is 10.6 Å². The molecule has 1 heterocycles. The van der Waals surface area contributed by atoms with Crippen molar-refractivity contribution in [1.82, 2.24) is 0 Å². The van der Waals surface area contributed by atoms with Gasteiger partial charge in [-0.15, -0.1) is 0 Å². The molecule has 0 saturated heterocycles. The number of rotatable bonds is 4. The van der Waals surface area contributed by atoms with Crippen molar-refractivity contribution in [1.29, 1.82) is 0 Å². The van der Waals surface area contributed by atoms with E-state index in [1.165, 1.54) is 0 Å². The van der Waals surface area contributed by atoms with Gasteiger partial charge in [0.15, 0.2) is 0 Å². The number of nitrogens with zero attached hydrogens (tertiary/aromatic N) is 1. The molecule has 0 spiro atoms. The number of hydrogen-bond acceptors (Lipinski definition) is 3. The highest BCUT2D eigenvalue weighted by Gasteiger charge is 2.11. The van der Waals surface area contributed by atoms with Crippen LogP contribution in [0.2, 0.25) is 0 Å². The van der Waals surface area contributed by atoms with Crippen LogP contribution >= 0.6 is 12.2 Å². The Hall–Kier alpha value is -2.33. The molecule has 0 amide bonds. The third kappa shape index (κ3) is 2.62. The topological polar surface area (TPSA) is 42.4 Å². The van der Waals surface area contributed by atoms with Gasteiger partial charge in [-0.1, -0.05) is 36.5 Å². The highest BCUT2D eigenvalue weighted by atomic mass is 32.1. The summed E-state index contributed by atoms with van der Waals surface area (Å²) in [7, 11) is 2.06. The Bertz CT molecular complexity index is 781. The molecule has 0 atom stereocenters. The van der Waals surface area contributed by atoms with Crippen LogP contribution in [0.3, 0.4) is 0 Å². The number of thiocarbonyl (C=S) groups is 1. The average Bonchev–Trinajstić information content (AvgIpc) is 2.98. The molecule has 0 unspecified atom stereocenters. The SMILES string of the molecule is CN(Cc1ccoc1)c1ccc(C(N)=S)c2ccccc12. The quantitative estimate of drug-likeness (QED) is 0.745. The Morgan fingerprint density at radius 1 is 1.14 bits per heavy atom. The number of benzene rings is 2. The number of fused-ring (bicyclic) bond motifs is 1. The third-order valence-electron chi connectivity index (χ3n) is 3.58. The smallest absolute Gasteiger partial charge is 0.104 e. The summed E-state index contributed by atoms with van der Waals surface area (Å²) in [5.41, 5.74) is 9.02. The van der Waals surface area contributed by atoms with Crippen molar-refractivity contribution in [2.24, 2.45) is 5.73 Å². The molecular formula is C17H16N2OS. The van der Waals surface area contributed by atoms with Gasteiger partial charge in [0.1, 0.15) is 4.99 Å². The van der Waals surface area contributed by atoms with Crippen molar-refractivity contribution in [2.75, 3.05) is 11.9 Å². The molecule has 0 aliphatic rings. The zero-order chi connectivity index (χ0) is 14.8. The first-order valence-electron chi connectivity index (χ1n) is 6.70. The van der Waals surface area contributed by atoms with Crippen LogP contribution in [-0.4, -0.2) is 12.0 Å². The van der Waals surface area contributed by atoms with E-state index < -0.39 is 0 Å². The second kappa shape index (κ2) is 5.58. The number of nitrogens with two attached hydrogens (primary N) is 1. The van der Waals surface area contributed by atoms with E-state index in [2.05, 4.69) is 30.1 Å². The minimum absolute atomic E-state index is 0.426. The second-order valence-electron chi connectivity index (χ2n) is 5.03. The van der Waals surface area contributed by atoms with E-state index in [0.717, 1.165) is 34.1 Å². The van der Waals surface area contributed by atoms with Crippen LogP contribution in [0.5, 0.6) is 0 Å². The van der Waals surface area contributed by atoms with Gasteiger partial charge in [-0.2, -0.15) is 0 Å². The summed E-state index contributed by atoms with van der Waals surface area (Å²) < 4.78 is 5.13. The molecule has 2 aromatic carbocycles. The van der Waals surface area contributed by atoms with Crippen molar-refractivity contribution < 1.29 is 4.42 Å². The second-order valence-corrected chi connectivity index (χ2v) is 5.47. The molecule has 0 aliphatic carbocycles. The maximum atomic E-state index is 5.82. The lowest BCUT2D eigenvalue weighted by Crippen LogP contribution is -2.17. The van der Waals surface area contributed by atoms with Crippen molar-refractivity contribution in [3.63, 3.8) is 0 Å². The molecule has 0 aliphatic heterocycles. The molecule has 21 heavy (non-hydrogen) atoms.